The van der Waals surface area contributed by atoms with Gasteiger partial charge in [0, 0.05) is 23.5 Å². The number of fused-ring (bicyclic) bond motifs is 6. The van der Waals surface area contributed by atoms with Gasteiger partial charge in [-0.2, -0.15) is 0 Å². The Morgan fingerprint density at radius 2 is 1.33 bits per heavy atom. The lowest BCUT2D eigenvalue weighted by Crippen LogP contribution is -2.31. The number of aromatic nitrogens is 2. The molecule has 0 N–H and O–H groups in total. The van der Waals surface area contributed by atoms with Crippen LogP contribution in [0.5, 0.6) is 0 Å². The molecule has 6 aromatic rings. The number of para-hydroxylation sites is 1. The Labute approximate surface area is 242 Å². The Hall–Kier alpha value is -5.42. The van der Waals surface area contributed by atoms with Gasteiger partial charge in [0.05, 0.1) is 16.9 Å². The molecule has 8 rings (SSSR count). The summed E-state index contributed by atoms with van der Waals surface area (Å²) >= 11 is 0. The van der Waals surface area contributed by atoms with Crippen molar-refractivity contribution in [3.8, 4) is 0 Å². The van der Waals surface area contributed by atoms with E-state index < -0.39 is 0 Å². The first-order valence-electron chi connectivity index (χ1n) is 14.0. The van der Waals surface area contributed by atoms with Crippen molar-refractivity contribution in [3.05, 3.63) is 143 Å². The van der Waals surface area contributed by atoms with Crippen LogP contribution in [0.1, 0.15) is 51.5 Å². The normalized spacial score (nSPS) is 15.1. The molecule has 0 fully saturated rings. The van der Waals surface area contributed by atoms with Crippen LogP contribution < -0.4 is 4.90 Å². The van der Waals surface area contributed by atoms with Crippen LogP contribution in [0.15, 0.2) is 115 Å². The highest BCUT2D eigenvalue weighted by Gasteiger charge is 2.39. The molecule has 0 bridgehead atoms. The quantitative estimate of drug-likeness (QED) is 0.162. The molecule has 0 amide bonds. The van der Waals surface area contributed by atoms with Gasteiger partial charge in [0.2, 0.25) is 11.6 Å². The molecule has 1 aliphatic heterocycles. The van der Waals surface area contributed by atoms with E-state index in [0.717, 1.165) is 27.7 Å². The summed E-state index contributed by atoms with van der Waals surface area (Å²) in [7, 11) is 0. The molecule has 0 atom stereocenters. The molecule has 0 saturated heterocycles. The molecule has 0 unspecified atom stereocenters. The van der Waals surface area contributed by atoms with Gasteiger partial charge >= 0.3 is 0 Å². The van der Waals surface area contributed by atoms with Crippen LogP contribution in [0.3, 0.4) is 0 Å². The van der Waals surface area contributed by atoms with Crippen LogP contribution in [-0.4, -0.2) is 21.5 Å². The molecule has 42 heavy (non-hydrogen) atoms. The third-order valence-electron chi connectivity index (χ3n) is 8.61. The van der Waals surface area contributed by atoms with E-state index in [9.17, 15) is 9.59 Å². The Bertz CT molecular complexity index is 2130. The maximum atomic E-state index is 12.9. The van der Waals surface area contributed by atoms with Gasteiger partial charge < -0.3 is 4.90 Å². The number of rotatable bonds is 2. The summed E-state index contributed by atoms with van der Waals surface area (Å²) in [5.41, 5.74) is 6.75. The number of allylic oxidation sites excluding steroid dienone is 1. The van der Waals surface area contributed by atoms with E-state index in [-0.39, 0.29) is 33.9 Å². The summed E-state index contributed by atoms with van der Waals surface area (Å²) in [4.78, 5) is 36.4. The number of Topliss-reactive ketones (excluding diaryl/α,β-unsaturated/α-hetero) is 2. The molecule has 0 spiro atoms. The highest BCUT2D eigenvalue weighted by atomic mass is 16.2. The minimum absolute atomic E-state index is 0.102. The van der Waals surface area contributed by atoms with Crippen LogP contribution in [-0.2, 0) is 5.41 Å². The number of benzene rings is 5. The van der Waals surface area contributed by atoms with E-state index in [1.165, 1.54) is 40.0 Å². The molecule has 0 saturated carbocycles. The van der Waals surface area contributed by atoms with E-state index in [4.69, 9.17) is 0 Å². The largest absolute Gasteiger partial charge is 0.310 e. The van der Waals surface area contributed by atoms with Crippen molar-refractivity contribution in [2.24, 2.45) is 0 Å². The molecule has 2 aliphatic rings. The van der Waals surface area contributed by atoms with Crippen LogP contribution in [0, 0.1) is 0 Å². The van der Waals surface area contributed by atoms with E-state index in [0.29, 0.717) is 0 Å². The lowest BCUT2D eigenvalue weighted by molar-refractivity contribution is 0.0988. The maximum Gasteiger partial charge on any atom is 0.217 e. The first-order valence-corrected chi connectivity index (χ1v) is 14.0. The third kappa shape index (κ3) is 3.43. The third-order valence-corrected chi connectivity index (χ3v) is 8.61. The molecular weight excluding hydrogens is 518 g/mol. The molecule has 200 valence electrons. The van der Waals surface area contributed by atoms with Crippen molar-refractivity contribution in [2.75, 3.05) is 4.90 Å². The molecular formula is C37H25N3O2. The van der Waals surface area contributed by atoms with Gasteiger partial charge in [-0.15, -0.1) is 0 Å². The van der Waals surface area contributed by atoms with Crippen LogP contribution >= 0.6 is 0 Å². The van der Waals surface area contributed by atoms with Gasteiger partial charge in [-0.3, -0.25) is 9.59 Å². The molecule has 1 aliphatic carbocycles. The lowest BCUT2D eigenvalue weighted by Gasteiger charge is -2.43. The first-order chi connectivity index (χ1) is 20.4. The summed E-state index contributed by atoms with van der Waals surface area (Å²) in [5.74, 6) is -0.755. The van der Waals surface area contributed by atoms with E-state index >= 15 is 0 Å². The number of hydrogen-bond donors (Lipinski definition) is 0. The summed E-state index contributed by atoms with van der Waals surface area (Å²) in [6, 6.07) is 34.1. The Morgan fingerprint density at radius 1 is 0.667 bits per heavy atom. The zero-order valence-corrected chi connectivity index (χ0v) is 23.1. The second kappa shape index (κ2) is 8.79. The topological polar surface area (TPSA) is 63.2 Å². The zero-order valence-electron chi connectivity index (χ0n) is 23.1. The first kappa shape index (κ1) is 24.4. The van der Waals surface area contributed by atoms with Gasteiger partial charge in [0.1, 0.15) is 11.4 Å². The molecule has 0 radical (unpaired) electrons. The SMILES string of the molecule is CC1(C)c2cc3ccccc3cc2N(c2ccccc2)c2ccc3cc(C=C4C(=O)c5nccnc5C4=O)ccc3c21. The maximum absolute atomic E-state index is 12.9. The average Bonchev–Trinajstić information content (AvgIpc) is 3.25. The molecule has 1 aromatic heterocycles. The predicted molar refractivity (Wildman–Crippen MR) is 167 cm³/mol. The van der Waals surface area contributed by atoms with Crippen molar-refractivity contribution in [1.82, 2.24) is 9.97 Å². The van der Waals surface area contributed by atoms with Crippen molar-refractivity contribution in [3.63, 3.8) is 0 Å². The van der Waals surface area contributed by atoms with Gasteiger partial charge in [-0.05, 0) is 80.7 Å². The van der Waals surface area contributed by atoms with Crippen molar-refractivity contribution in [1.29, 1.82) is 0 Å². The zero-order chi connectivity index (χ0) is 28.6. The highest BCUT2D eigenvalue weighted by molar-refractivity contribution is 6.40. The van der Waals surface area contributed by atoms with Gasteiger partial charge in [-0.25, -0.2) is 9.97 Å². The summed E-state index contributed by atoms with van der Waals surface area (Å²) in [6.45, 7) is 4.59. The number of carbonyl (C=O) groups excluding carboxylic acids is 2. The second-order valence-electron chi connectivity index (χ2n) is 11.4. The molecule has 5 aromatic carbocycles. The number of ketones is 2. The number of anilines is 3. The van der Waals surface area contributed by atoms with Gasteiger partial charge in [-0.1, -0.05) is 74.5 Å². The molecule has 5 heteroatoms. The fourth-order valence-corrected chi connectivity index (χ4v) is 6.63. The smallest absolute Gasteiger partial charge is 0.217 e. The number of hydrogen-bond acceptors (Lipinski definition) is 5. The fourth-order valence-electron chi connectivity index (χ4n) is 6.63. The summed E-state index contributed by atoms with van der Waals surface area (Å²) < 4.78 is 0. The number of carbonyl (C=O) groups is 2. The summed E-state index contributed by atoms with van der Waals surface area (Å²) in [6.07, 6.45) is 4.54. The Morgan fingerprint density at radius 3 is 2.05 bits per heavy atom. The van der Waals surface area contributed by atoms with Crippen LogP contribution in [0.2, 0.25) is 0 Å². The number of nitrogens with zero attached hydrogens (tertiary/aromatic N) is 3. The molecule has 2 heterocycles. The monoisotopic (exact) mass is 543 g/mol. The molecule has 5 nitrogen and oxygen atoms in total. The van der Waals surface area contributed by atoms with E-state index in [1.807, 2.05) is 18.2 Å². The lowest BCUT2D eigenvalue weighted by atomic mass is 9.71. The Balaban J connectivity index is 1.33. The standard InChI is InChI=1S/C37H25N3O2/c1-37(2)29-20-23-8-6-7-9-24(23)21-31(29)40(26-10-4-3-5-11-26)30-15-13-25-18-22(12-14-27(25)32(30)37)19-28-35(41)33-34(36(28)42)39-17-16-38-33/h3-21H,1-2H3. The van der Waals surface area contributed by atoms with E-state index in [1.54, 1.807) is 6.08 Å². The fraction of sp³-hybridized carbons (Fsp3) is 0.0811. The second-order valence-corrected chi connectivity index (χ2v) is 11.4. The minimum atomic E-state index is -0.378. The average molecular weight is 544 g/mol. The van der Waals surface area contributed by atoms with Crippen molar-refractivity contribution >= 4 is 56.2 Å². The van der Waals surface area contributed by atoms with Crippen molar-refractivity contribution < 1.29 is 9.59 Å². The summed E-state index contributed by atoms with van der Waals surface area (Å²) in [5, 5.41) is 4.60. The van der Waals surface area contributed by atoms with Gasteiger partial charge in [0.25, 0.3) is 0 Å². The van der Waals surface area contributed by atoms with E-state index in [2.05, 4.69) is 108 Å². The van der Waals surface area contributed by atoms with Crippen LogP contribution in [0.25, 0.3) is 27.6 Å². The highest BCUT2D eigenvalue weighted by Crippen LogP contribution is 2.54. The predicted octanol–water partition coefficient (Wildman–Crippen LogP) is 8.35. The minimum Gasteiger partial charge on any atom is -0.310 e. The van der Waals surface area contributed by atoms with Gasteiger partial charge in [0.15, 0.2) is 0 Å². The Kier molecular flexibility index (Phi) is 5.10. The van der Waals surface area contributed by atoms with Crippen molar-refractivity contribution in [2.45, 2.75) is 19.3 Å². The van der Waals surface area contributed by atoms with Crippen LogP contribution in [0.4, 0.5) is 17.1 Å².